The maximum absolute atomic E-state index is 2.45. The van der Waals surface area contributed by atoms with E-state index in [9.17, 15) is 0 Å². The summed E-state index contributed by atoms with van der Waals surface area (Å²) in [4.78, 5) is 0. The van der Waals surface area contributed by atoms with Crippen LogP contribution in [0.5, 0.6) is 0 Å². The van der Waals surface area contributed by atoms with Crippen molar-refractivity contribution in [2.24, 2.45) is 17.8 Å². The average Bonchev–Trinajstić information content (AvgIpc) is 2.18. The first-order chi connectivity index (χ1) is 6.65. The van der Waals surface area contributed by atoms with Crippen LogP contribution in [-0.4, -0.2) is 0 Å². The molecule has 0 heterocycles. The second-order valence-corrected chi connectivity index (χ2v) is 5.04. The van der Waals surface area contributed by atoms with E-state index in [-0.39, 0.29) is 0 Å². The second kappa shape index (κ2) is 8.32. The third-order valence-electron chi connectivity index (χ3n) is 3.73. The molecular formula is C14H30. The van der Waals surface area contributed by atoms with Gasteiger partial charge in [-0.05, 0) is 24.2 Å². The third-order valence-corrected chi connectivity index (χ3v) is 3.73. The lowest BCUT2D eigenvalue weighted by molar-refractivity contribution is 0.265. The summed E-state index contributed by atoms with van der Waals surface area (Å²) >= 11 is 0. The van der Waals surface area contributed by atoms with Gasteiger partial charge in [-0.1, -0.05) is 66.7 Å². The maximum atomic E-state index is 2.45. The third kappa shape index (κ3) is 5.67. The standard InChI is InChI=1S/C14H30/c1-6-9-10-14(8-3)13(5)11-12(4)7-2/h12-14H,6-11H2,1-5H3. The topological polar surface area (TPSA) is 0 Å². The zero-order chi connectivity index (χ0) is 11.0. The Bertz CT molecular complexity index is 117. The average molecular weight is 198 g/mol. The molecule has 0 saturated carbocycles. The Hall–Kier alpha value is 0. The van der Waals surface area contributed by atoms with Crippen LogP contribution in [0.15, 0.2) is 0 Å². The van der Waals surface area contributed by atoms with Gasteiger partial charge in [-0.25, -0.2) is 0 Å². The van der Waals surface area contributed by atoms with Crippen LogP contribution in [0, 0.1) is 17.8 Å². The summed E-state index contributed by atoms with van der Waals surface area (Å²) in [5, 5.41) is 0. The first-order valence-electron chi connectivity index (χ1n) is 6.65. The fraction of sp³-hybridized carbons (Fsp3) is 1.00. The van der Waals surface area contributed by atoms with Crippen molar-refractivity contribution in [2.75, 3.05) is 0 Å². The first-order valence-corrected chi connectivity index (χ1v) is 6.65. The summed E-state index contributed by atoms with van der Waals surface area (Å²) in [6.45, 7) is 11.8. The molecule has 0 aromatic heterocycles. The van der Waals surface area contributed by atoms with Gasteiger partial charge >= 0.3 is 0 Å². The van der Waals surface area contributed by atoms with Gasteiger partial charge in [0, 0.05) is 0 Å². The van der Waals surface area contributed by atoms with Crippen LogP contribution in [0.25, 0.3) is 0 Å². The molecule has 0 saturated heterocycles. The van der Waals surface area contributed by atoms with Crippen molar-refractivity contribution < 1.29 is 0 Å². The van der Waals surface area contributed by atoms with Crippen molar-refractivity contribution in [3.63, 3.8) is 0 Å². The molecule has 0 amide bonds. The Morgan fingerprint density at radius 2 is 1.57 bits per heavy atom. The molecule has 0 spiro atoms. The molecule has 0 rings (SSSR count). The van der Waals surface area contributed by atoms with Crippen LogP contribution >= 0.6 is 0 Å². The predicted octanol–water partition coefficient (Wildman–Crippen LogP) is 5.28. The van der Waals surface area contributed by atoms with Crippen molar-refractivity contribution in [2.45, 2.75) is 73.1 Å². The van der Waals surface area contributed by atoms with Crippen LogP contribution in [0.4, 0.5) is 0 Å². The van der Waals surface area contributed by atoms with E-state index in [0.29, 0.717) is 0 Å². The number of unbranched alkanes of at least 4 members (excludes halogenated alkanes) is 1. The van der Waals surface area contributed by atoms with Gasteiger partial charge in [-0.3, -0.25) is 0 Å². The van der Waals surface area contributed by atoms with Crippen LogP contribution in [0.2, 0.25) is 0 Å². The Morgan fingerprint density at radius 1 is 0.929 bits per heavy atom. The van der Waals surface area contributed by atoms with E-state index in [4.69, 9.17) is 0 Å². The summed E-state index contributed by atoms with van der Waals surface area (Å²) in [7, 11) is 0. The Labute approximate surface area is 91.5 Å². The molecule has 0 N–H and O–H groups in total. The molecule has 0 radical (unpaired) electrons. The lowest BCUT2D eigenvalue weighted by atomic mass is 9.81. The van der Waals surface area contributed by atoms with Crippen LogP contribution in [0.1, 0.15) is 73.1 Å². The lowest BCUT2D eigenvalue weighted by Gasteiger charge is -2.25. The monoisotopic (exact) mass is 198 g/mol. The lowest BCUT2D eigenvalue weighted by Crippen LogP contribution is -2.14. The zero-order valence-electron chi connectivity index (χ0n) is 11.0. The molecule has 86 valence electrons. The minimum absolute atomic E-state index is 0.917. The summed E-state index contributed by atoms with van der Waals surface area (Å²) in [6.07, 6.45) is 8.37. The highest BCUT2D eigenvalue weighted by atomic mass is 14.2. The second-order valence-electron chi connectivity index (χ2n) is 5.04. The van der Waals surface area contributed by atoms with Crippen molar-refractivity contribution in [1.29, 1.82) is 0 Å². The van der Waals surface area contributed by atoms with Gasteiger partial charge in [0.1, 0.15) is 0 Å². The van der Waals surface area contributed by atoms with Gasteiger partial charge < -0.3 is 0 Å². The first kappa shape index (κ1) is 14.0. The number of rotatable bonds is 8. The molecule has 14 heavy (non-hydrogen) atoms. The van der Waals surface area contributed by atoms with Gasteiger partial charge in [0.25, 0.3) is 0 Å². The van der Waals surface area contributed by atoms with E-state index in [1.807, 2.05) is 0 Å². The zero-order valence-corrected chi connectivity index (χ0v) is 11.0. The van der Waals surface area contributed by atoms with Gasteiger partial charge in [0.05, 0.1) is 0 Å². The highest BCUT2D eigenvalue weighted by molar-refractivity contribution is 4.67. The number of hydrogen-bond donors (Lipinski definition) is 0. The molecule has 0 aliphatic carbocycles. The normalized spacial score (nSPS) is 17.8. The van der Waals surface area contributed by atoms with E-state index < -0.39 is 0 Å². The van der Waals surface area contributed by atoms with E-state index in [1.165, 1.54) is 38.5 Å². The fourth-order valence-corrected chi connectivity index (χ4v) is 2.35. The van der Waals surface area contributed by atoms with Crippen LogP contribution in [-0.2, 0) is 0 Å². The molecule has 0 aliphatic heterocycles. The van der Waals surface area contributed by atoms with Crippen molar-refractivity contribution >= 4 is 0 Å². The summed E-state index contributed by atoms with van der Waals surface area (Å²) in [5.41, 5.74) is 0. The summed E-state index contributed by atoms with van der Waals surface area (Å²) < 4.78 is 0. The van der Waals surface area contributed by atoms with Crippen LogP contribution in [0.3, 0.4) is 0 Å². The van der Waals surface area contributed by atoms with E-state index in [1.54, 1.807) is 0 Å². The molecule has 0 aliphatic rings. The van der Waals surface area contributed by atoms with Gasteiger partial charge in [-0.2, -0.15) is 0 Å². The largest absolute Gasteiger partial charge is 0.0654 e. The van der Waals surface area contributed by atoms with Crippen molar-refractivity contribution in [3.05, 3.63) is 0 Å². The minimum Gasteiger partial charge on any atom is -0.0654 e. The van der Waals surface area contributed by atoms with E-state index in [0.717, 1.165) is 17.8 Å². The Kier molecular flexibility index (Phi) is 8.32. The summed E-state index contributed by atoms with van der Waals surface area (Å²) in [6, 6.07) is 0. The van der Waals surface area contributed by atoms with E-state index >= 15 is 0 Å². The summed E-state index contributed by atoms with van der Waals surface area (Å²) in [5.74, 6) is 2.83. The Balaban J connectivity index is 3.83. The molecule has 0 aromatic rings. The molecule has 3 unspecified atom stereocenters. The van der Waals surface area contributed by atoms with Gasteiger partial charge in [-0.15, -0.1) is 0 Å². The molecular weight excluding hydrogens is 168 g/mol. The van der Waals surface area contributed by atoms with E-state index in [2.05, 4.69) is 34.6 Å². The highest BCUT2D eigenvalue weighted by Gasteiger charge is 2.16. The fourth-order valence-electron chi connectivity index (χ4n) is 2.35. The van der Waals surface area contributed by atoms with Gasteiger partial charge in [0.2, 0.25) is 0 Å². The Morgan fingerprint density at radius 3 is 2.00 bits per heavy atom. The molecule has 0 nitrogen and oxygen atoms in total. The van der Waals surface area contributed by atoms with Crippen molar-refractivity contribution in [1.82, 2.24) is 0 Å². The molecule has 0 fully saturated rings. The molecule has 0 heteroatoms. The molecule has 3 atom stereocenters. The number of hydrogen-bond acceptors (Lipinski definition) is 0. The SMILES string of the molecule is CCCCC(CC)C(C)CC(C)CC. The molecule has 0 aromatic carbocycles. The van der Waals surface area contributed by atoms with Gasteiger partial charge in [0.15, 0.2) is 0 Å². The molecule has 0 bridgehead atoms. The predicted molar refractivity (Wildman–Crippen MR) is 66.5 cm³/mol. The quantitative estimate of drug-likeness (QED) is 0.498. The smallest absolute Gasteiger partial charge is 0.0391 e. The van der Waals surface area contributed by atoms with Crippen LogP contribution < -0.4 is 0 Å². The maximum Gasteiger partial charge on any atom is -0.0391 e. The highest BCUT2D eigenvalue weighted by Crippen LogP contribution is 2.28. The minimum atomic E-state index is 0.917. The van der Waals surface area contributed by atoms with Crippen molar-refractivity contribution in [3.8, 4) is 0 Å².